The van der Waals surface area contributed by atoms with E-state index in [4.69, 9.17) is 16.2 Å². The number of nitrogens with two attached hydrogens (primary N) is 2. The van der Waals surface area contributed by atoms with Gasteiger partial charge in [-0.05, 0) is 37.2 Å². The van der Waals surface area contributed by atoms with Crippen molar-refractivity contribution >= 4 is 45.7 Å². The molecule has 0 saturated carbocycles. The Morgan fingerprint density at radius 3 is 2.58 bits per heavy atom. The monoisotopic (exact) mass is 547 g/mol. The average molecular weight is 548 g/mol. The number of ether oxygens (including phenoxy) is 1. The van der Waals surface area contributed by atoms with Crippen LogP contribution in [-0.4, -0.2) is 92.4 Å². The molecule has 0 aliphatic carbocycles. The van der Waals surface area contributed by atoms with Crippen LogP contribution in [0.2, 0.25) is 0 Å². The Balaban J connectivity index is 1.36. The smallest absolute Gasteiger partial charge is 0.407 e. The SMILES string of the molecule is COC(=O)NC1C(C)CN(c2ccncc2NC(=O)c2nc3cc(N4CCN(C)CC4)ccc3cc2N)CC1N. The number of nitrogens with zero attached hydrogens (tertiary/aromatic N) is 5. The Morgan fingerprint density at radius 2 is 1.85 bits per heavy atom. The van der Waals surface area contributed by atoms with Gasteiger partial charge < -0.3 is 41.5 Å². The summed E-state index contributed by atoms with van der Waals surface area (Å²) in [7, 11) is 3.45. The molecule has 2 aliphatic heterocycles. The molecule has 2 saturated heterocycles. The number of hydrogen-bond acceptors (Lipinski definition) is 10. The largest absolute Gasteiger partial charge is 0.453 e. The third-order valence-corrected chi connectivity index (χ3v) is 7.78. The molecule has 1 aromatic carbocycles. The molecule has 3 unspecified atom stereocenters. The van der Waals surface area contributed by atoms with Crippen LogP contribution >= 0.6 is 0 Å². The molecule has 40 heavy (non-hydrogen) atoms. The van der Waals surface area contributed by atoms with Crippen molar-refractivity contribution in [3.63, 3.8) is 0 Å². The summed E-state index contributed by atoms with van der Waals surface area (Å²) in [6, 6.07) is 9.13. The number of likely N-dealkylation sites (N-methyl/N-ethyl adjacent to an activating group) is 1. The van der Waals surface area contributed by atoms with E-state index in [2.05, 4.69) is 48.4 Å². The minimum atomic E-state index is -0.506. The van der Waals surface area contributed by atoms with E-state index in [1.807, 2.05) is 25.1 Å². The molecular formula is C28H37N9O3. The number of methoxy groups -OCH3 is 1. The van der Waals surface area contributed by atoms with E-state index in [9.17, 15) is 9.59 Å². The maximum atomic E-state index is 13.5. The number of aromatic nitrogens is 2. The normalized spacial score (nSPS) is 21.8. The van der Waals surface area contributed by atoms with Gasteiger partial charge in [-0.15, -0.1) is 0 Å². The number of amides is 2. The van der Waals surface area contributed by atoms with Gasteiger partial charge in [0.2, 0.25) is 0 Å². The molecule has 2 aliphatic rings. The molecule has 2 aromatic heterocycles. The number of carbonyl (C=O) groups is 2. The lowest BCUT2D eigenvalue weighted by Gasteiger charge is -2.42. The van der Waals surface area contributed by atoms with Crippen LogP contribution < -0.4 is 31.9 Å². The number of rotatable bonds is 5. The highest BCUT2D eigenvalue weighted by molar-refractivity contribution is 6.09. The molecule has 4 heterocycles. The standard InChI is InChI=1S/C28H37N9O3/c1-17-15-37(16-21(30)25(17)34-28(39)40-3)24-6-7-31-14-23(24)33-27(38)26-20(29)12-18-4-5-19(13-22(18)32-26)36-10-8-35(2)9-11-36/h4-7,12-14,17,21,25H,8-11,15-16,29-30H2,1-3H3,(H,33,38)(H,34,39). The van der Waals surface area contributed by atoms with Gasteiger partial charge in [-0.1, -0.05) is 13.0 Å². The maximum Gasteiger partial charge on any atom is 0.407 e. The predicted molar refractivity (Wildman–Crippen MR) is 157 cm³/mol. The predicted octanol–water partition coefficient (Wildman–Crippen LogP) is 1.72. The number of nitrogen functional groups attached to an aromatic ring is 1. The number of nitrogens with one attached hydrogen (secondary N) is 2. The fourth-order valence-corrected chi connectivity index (χ4v) is 5.52. The Hall–Kier alpha value is -4.16. The maximum absolute atomic E-state index is 13.5. The van der Waals surface area contributed by atoms with Gasteiger partial charge in [-0.2, -0.15) is 0 Å². The lowest BCUT2D eigenvalue weighted by Crippen LogP contribution is -2.62. The topological polar surface area (TPSA) is 155 Å². The van der Waals surface area contributed by atoms with Crippen molar-refractivity contribution in [3.8, 4) is 0 Å². The molecule has 0 radical (unpaired) electrons. The van der Waals surface area contributed by atoms with Crippen molar-refractivity contribution in [2.24, 2.45) is 11.7 Å². The van der Waals surface area contributed by atoms with Crippen molar-refractivity contribution in [2.75, 3.05) is 74.3 Å². The second-order valence-electron chi connectivity index (χ2n) is 10.6. The molecule has 12 nitrogen and oxygen atoms in total. The quantitative estimate of drug-likeness (QED) is 0.371. The summed E-state index contributed by atoms with van der Waals surface area (Å²) in [4.78, 5) is 40.9. The van der Waals surface area contributed by atoms with Gasteiger partial charge in [0.1, 0.15) is 0 Å². The summed E-state index contributed by atoms with van der Waals surface area (Å²) >= 11 is 0. The summed E-state index contributed by atoms with van der Waals surface area (Å²) in [5.41, 5.74) is 16.3. The highest BCUT2D eigenvalue weighted by atomic mass is 16.5. The third-order valence-electron chi connectivity index (χ3n) is 7.78. The van der Waals surface area contributed by atoms with Crippen LogP contribution in [0.1, 0.15) is 17.4 Å². The van der Waals surface area contributed by atoms with Crippen LogP contribution in [0.15, 0.2) is 42.7 Å². The Labute approximate surface area is 233 Å². The molecule has 6 N–H and O–H groups in total. The molecule has 12 heteroatoms. The zero-order valence-electron chi connectivity index (χ0n) is 23.1. The van der Waals surface area contributed by atoms with Crippen molar-refractivity contribution in [1.29, 1.82) is 0 Å². The van der Waals surface area contributed by atoms with Crippen LogP contribution in [0.25, 0.3) is 10.9 Å². The van der Waals surface area contributed by atoms with Gasteiger partial charge >= 0.3 is 6.09 Å². The van der Waals surface area contributed by atoms with Crippen LogP contribution in [0.4, 0.5) is 27.5 Å². The van der Waals surface area contributed by atoms with E-state index in [1.54, 1.807) is 18.5 Å². The summed E-state index contributed by atoms with van der Waals surface area (Å²) in [5, 5.41) is 6.67. The lowest BCUT2D eigenvalue weighted by molar-refractivity contribution is 0.102. The van der Waals surface area contributed by atoms with Crippen LogP contribution in [0, 0.1) is 5.92 Å². The van der Waals surface area contributed by atoms with E-state index >= 15 is 0 Å². The van der Waals surface area contributed by atoms with E-state index < -0.39 is 12.0 Å². The summed E-state index contributed by atoms with van der Waals surface area (Å²) in [5.74, 6) is -0.384. The Morgan fingerprint density at radius 1 is 1.07 bits per heavy atom. The first-order valence-corrected chi connectivity index (χ1v) is 13.5. The van der Waals surface area contributed by atoms with Crippen LogP contribution in [0.5, 0.6) is 0 Å². The average Bonchev–Trinajstić information content (AvgIpc) is 2.94. The number of pyridine rings is 2. The van der Waals surface area contributed by atoms with E-state index in [0.717, 1.165) is 42.9 Å². The number of benzene rings is 1. The van der Waals surface area contributed by atoms with Gasteiger partial charge in [0.05, 0.1) is 41.9 Å². The lowest BCUT2D eigenvalue weighted by atomic mass is 9.90. The van der Waals surface area contributed by atoms with Crippen molar-refractivity contribution in [1.82, 2.24) is 20.2 Å². The van der Waals surface area contributed by atoms with Gasteiger partial charge in [0.15, 0.2) is 5.69 Å². The second-order valence-corrected chi connectivity index (χ2v) is 10.6. The van der Waals surface area contributed by atoms with Crippen molar-refractivity contribution in [3.05, 3.63) is 48.4 Å². The fourth-order valence-electron chi connectivity index (χ4n) is 5.52. The van der Waals surface area contributed by atoms with E-state index in [-0.39, 0.29) is 23.7 Å². The molecule has 3 aromatic rings. The van der Waals surface area contributed by atoms with Gasteiger partial charge in [0, 0.05) is 62.6 Å². The number of fused-ring (bicyclic) bond motifs is 1. The van der Waals surface area contributed by atoms with Crippen molar-refractivity contribution in [2.45, 2.75) is 19.0 Å². The van der Waals surface area contributed by atoms with Gasteiger partial charge in [-0.3, -0.25) is 9.78 Å². The Kier molecular flexibility index (Phi) is 7.90. The molecular weight excluding hydrogens is 510 g/mol. The number of carbonyl (C=O) groups excluding carboxylic acids is 2. The third kappa shape index (κ3) is 5.73. The van der Waals surface area contributed by atoms with Crippen LogP contribution in [0.3, 0.4) is 0 Å². The number of hydrogen-bond donors (Lipinski definition) is 4. The van der Waals surface area contributed by atoms with Gasteiger partial charge in [-0.25, -0.2) is 9.78 Å². The second kappa shape index (κ2) is 11.5. The molecule has 0 bridgehead atoms. The zero-order valence-corrected chi connectivity index (χ0v) is 23.1. The van der Waals surface area contributed by atoms with Crippen molar-refractivity contribution < 1.29 is 14.3 Å². The van der Waals surface area contributed by atoms with E-state index in [1.165, 1.54) is 7.11 Å². The first-order valence-electron chi connectivity index (χ1n) is 13.5. The molecule has 3 atom stereocenters. The van der Waals surface area contributed by atoms with Crippen LogP contribution in [-0.2, 0) is 4.74 Å². The minimum absolute atomic E-state index is 0.0341. The molecule has 0 spiro atoms. The molecule has 5 rings (SSSR count). The van der Waals surface area contributed by atoms with E-state index in [0.29, 0.717) is 30.0 Å². The number of piperazine rings is 1. The first-order chi connectivity index (χ1) is 19.2. The highest BCUT2D eigenvalue weighted by Crippen LogP contribution is 2.31. The number of anilines is 4. The Bertz CT molecular complexity index is 1380. The molecule has 212 valence electrons. The number of alkyl carbamates (subject to hydrolysis) is 1. The first kappa shape index (κ1) is 27.4. The highest BCUT2D eigenvalue weighted by Gasteiger charge is 2.34. The minimum Gasteiger partial charge on any atom is -0.453 e. The summed E-state index contributed by atoms with van der Waals surface area (Å²) < 4.78 is 4.75. The summed E-state index contributed by atoms with van der Waals surface area (Å²) in [6.45, 7) is 6.97. The molecule has 2 amide bonds. The fraction of sp³-hybridized carbons (Fsp3) is 0.429. The van der Waals surface area contributed by atoms with Gasteiger partial charge in [0.25, 0.3) is 5.91 Å². The molecule has 2 fully saturated rings. The summed E-state index contributed by atoms with van der Waals surface area (Å²) in [6.07, 6.45) is 2.77. The number of piperidine rings is 1. The zero-order chi connectivity index (χ0) is 28.4.